The van der Waals surface area contributed by atoms with Gasteiger partial charge in [0.15, 0.2) is 0 Å². The second-order valence-corrected chi connectivity index (χ2v) is 5.84. The second kappa shape index (κ2) is 6.35. The van der Waals surface area contributed by atoms with Gasteiger partial charge >= 0.3 is 0 Å². The lowest BCUT2D eigenvalue weighted by Gasteiger charge is -2.25. The lowest BCUT2D eigenvalue weighted by molar-refractivity contribution is 0.100. The Morgan fingerprint density at radius 3 is 2.78 bits per heavy atom. The summed E-state index contributed by atoms with van der Waals surface area (Å²) in [6, 6.07) is 10.5. The highest BCUT2D eigenvalue weighted by Crippen LogP contribution is 2.22. The molecule has 2 heteroatoms. The van der Waals surface area contributed by atoms with E-state index < -0.39 is 0 Å². The number of hydrogen-bond acceptors (Lipinski definition) is 2. The quantitative estimate of drug-likeness (QED) is 0.837. The van der Waals surface area contributed by atoms with Crippen LogP contribution in [-0.4, -0.2) is 18.2 Å². The van der Waals surface area contributed by atoms with Gasteiger partial charge in [0.05, 0.1) is 6.10 Å². The van der Waals surface area contributed by atoms with Crippen molar-refractivity contribution in [2.45, 2.75) is 57.1 Å². The molecule has 1 aliphatic rings. The normalized spacial score (nSPS) is 22.9. The highest BCUT2D eigenvalue weighted by molar-refractivity contribution is 5.17. The molecule has 0 aliphatic carbocycles. The molecule has 2 nitrogen and oxygen atoms in total. The molecule has 2 unspecified atom stereocenters. The van der Waals surface area contributed by atoms with E-state index in [1.807, 2.05) is 0 Å². The van der Waals surface area contributed by atoms with Gasteiger partial charge in [-0.1, -0.05) is 30.3 Å². The highest BCUT2D eigenvalue weighted by atomic mass is 16.5. The van der Waals surface area contributed by atoms with Crippen LogP contribution in [0.4, 0.5) is 0 Å². The van der Waals surface area contributed by atoms with Gasteiger partial charge in [-0.25, -0.2) is 0 Å². The summed E-state index contributed by atoms with van der Waals surface area (Å²) >= 11 is 0. The number of ether oxygens (including phenoxy) is 1. The first-order valence-corrected chi connectivity index (χ1v) is 7.10. The molecule has 18 heavy (non-hydrogen) atoms. The maximum Gasteiger partial charge on any atom is 0.0576 e. The fourth-order valence-electron chi connectivity index (χ4n) is 2.76. The number of hydrogen-bond donors (Lipinski definition) is 1. The van der Waals surface area contributed by atoms with Gasteiger partial charge in [-0.15, -0.1) is 0 Å². The van der Waals surface area contributed by atoms with Crippen LogP contribution >= 0.6 is 0 Å². The Bertz CT molecular complexity index is 341. The third-order valence-electron chi connectivity index (χ3n) is 3.75. The third-order valence-corrected chi connectivity index (χ3v) is 3.75. The molecule has 1 aromatic rings. The van der Waals surface area contributed by atoms with Crippen LogP contribution in [0.3, 0.4) is 0 Å². The molecule has 1 fully saturated rings. The smallest absolute Gasteiger partial charge is 0.0576 e. The minimum Gasteiger partial charge on any atom is -0.378 e. The molecule has 1 heterocycles. The Balaban J connectivity index is 1.73. The molecule has 0 amide bonds. The zero-order chi connectivity index (χ0) is 12.8. The molecule has 1 aliphatic heterocycles. The minimum absolute atomic E-state index is 0.0973. The fourth-order valence-corrected chi connectivity index (χ4v) is 2.76. The predicted octanol–water partition coefficient (Wildman–Crippen LogP) is 3.30. The maximum absolute atomic E-state index is 6.39. The maximum atomic E-state index is 6.39. The van der Waals surface area contributed by atoms with Gasteiger partial charge in [-0.3, -0.25) is 0 Å². The standard InChI is InChI=1S/C16H25NO/c1-16(17,13-14-7-3-2-4-8-14)11-5-9-15-10-6-12-18-15/h2-4,7-8,15H,5-6,9-13,17H2,1H3. The van der Waals surface area contributed by atoms with Crippen LogP contribution in [-0.2, 0) is 11.2 Å². The third kappa shape index (κ3) is 4.43. The molecule has 1 saturated heterocycles. The van der Waals surface area contributed by atoms with E-state index in [4.69, 9.17) is 10.5 Å². The van der Waals surface area contributed by atoms with Crippen molar-refractivity contribution in [3.8, 4) is 0 Å². The largest absolute Gasteiger partial charge is 0.378 e. The molecule has 0 radical (unpaired) electrons. The molecule has 0 spiro atoms. The zero-order valence-electron chi connectivity index (χ0n) is 11.4. The topological polar surface area (TPSA) is 35.2 Å². The van der Waals surface area contributed by atoms with Gasteiger partial charge in [0.25, 0.3) is 0 Å². The molecule has 0 bridgehead atoms. The summed E-state index contributed by atoms with van der Waals surface area (Å²) in [7, 11) is 0. The Morgan fingerprint density at radius 2 is 2.11 bits per heavy atom. The average molecular weight is 247 g/mol. The zero-order valence-corrected chi connectivity index (χ0v) is 11.4. The number of nitrogens with two attached hydrogens (primary N) is 1. The first-order chi connectivity index (χ1) is 8.66. The van der Waals surface area contributed by atoms with Crippen LogP contribution in [0, 0.1) is 0 Å². The minimum atomic E-state index is -0.0973. The van der Waals surface area contributed by atoms with Crippen molar-refractivity contribution >= 4 is 0 Å². The molecule has 0 aromatic heterocycles. The first-order valence-electron chi connectivity index (χ1n) is 7.10. The van der Waals surface area contributed by atoms with Crippen LogP contribution in [0.25, 0.3) is 0 Å². The van der Waals surface area contributed by atoms with Crippen LogP contribution in [0.15, 0.2) is 30.3 Å². The van der Waals surface area contributed by atoms with Crippen molar-refractivity contribution in [3.05, 3.63) is 35.9 Å². The van der Waals surface area contributed by atoms with Crippen molar-refractivity contribution in [3.63, 3.8) is 0 Å². The molecule has 0 saturated carbocycles. The van der Waals surface area contributed by atoms with Crippen molar-refractivity contribution in [1.29, 1.82) is 0 Å². The molecule has 1 aromatic carbocycles. The Labute approximate surface area is 111 Å². The van der Waals surface area contributed by atoms with Crippen LogP contribution in [0.1, 0.15) is 44.6 Å². The van der Waals surface area contributed by atoms with Gasteiger partial charge in [-0.2, -0.15) is 0 Å². The fraction of sp³-hybridized carbons (Fsp3) is 0.625. The summed E-state index contributed by atoms with van der Waals surface area (Å²) in [6.45, 7) is 3.12. The SMILES string of the molecule is CC(N)(CCCC1CCCO1)Cc1ccccc1. The molecule has 2 N–H and O–H groups in total. The second-order valence-electron chi connectivity index (χ2n) is 5.84. The van der Waals surface area contributed by atoms with Crippen LogP contribution in [0.5, 0.6) is 0 Å². The van der Waals surface area contributed by atoms with E-state index in [0.717, 1.165) is 19.4 Å². The molecule has 2 rings (SSSR count). The summed E-state index contributed by atoms with van der Waals surface area (Å²) in [6.07, 6.45) is 7.33. The number of benzene rings is 1. The lowest BCUT2D eigenvalue weighted by Crippen LogP contribution is -2.38. The van der Waals surface area contributed by atoms with E-state index in [1.54, 1.807) is 0 Å². The van der Waals surface area contributed by atoms with Gasteiger partial charge in [0, 0.05) is 12.1 Å². The Hall–Kier alpha value is -0.860. The van der Waals surface area contributed by atoms with Gasteiger partial charge < -0.3 is 10.5 Å². The highest BCUT2D eigenvalue weighted by Gasteiger charge is 2.21. The van der Waals surface area contributed by atoms with E-state index in [9.17, 15) is 0 Å². The van der Waals surface area contributed by atoms with Crippen molar-refractivity contribution in [1.82, 2.24) is 0 Å². The molecular formula is C16H25NO. The first kappa shape index (κ1) is 13.6. The molecular weight excluding hydrogens is 222 g/mol. The predicted molar refractivity (Wildman–Crippen MR) is 75.6 cm³/mol. The summed E-state index contributed by atoms with van der Waals surface area (Å²) in [4.78, 5) is 0. The van der Waals surface area contributed by atoms with E-state index in [-0.39, 0.29) is 5.54 Å². The monoisotopic (exact) mass is 247 g/mol. The van der Waals surface area contributed by atoms with Gasteiger partial charge in [0.2, 0.25) is 0 Å². The molecule has 100 valence electrons. The van der Waals surface area contributed by atoms with E-state index in [2.05, 4.69) is 37.3 Å². The van der Waals surface area contributed by atoms with Crippen LogP contribution < -0.4 is 5.73 Å². The van der Waals surface area contributed by atoms with Crippen molar-refractivity contribution in [2.75, 3.05) is 6.61 Å². The Morgan fingerprint density at radius 1 is 1.33 bits per heavy atom. The Kier molecular flexibility index (Phi) is 4.79. The van der Waals surface area contributed by atoms with Crippen molar-refractivity contribution in [2.24, 2.45) is 5.73 Å². The van der Waals surface area contributed by atoms with E-state index in [0.29, 0.717) is 6.10 Å². The van der Waals surface area contributed by atoms with E-state index >= 15 is 0 Å². The van der Waals surface area contributed by atoms with Crippen molar-refractivity contribution < 1.29 is 4.74 Å². The summed E-state index contributed by atoms with van der Waals surface area (Å²) in [5, 5.41) is 0. The number of rotatable bonds is 6. The molecule has 2 atom stereocenters. The summed E-state index contributed by atoms with van der Waals surface area (Å²) in [5.41, 5.74) is 7.63. The van der Waals surface area contributed by atoms with Gasteiger partial charge in [-0.05, 0) is 51.0 Å². The lowest BCUT2D eigenvalue weighted by atomic mass is 9.88. The van der Waals surface area contributed by atoms with E-state index in [1.165, 1.54) is 31.2 Å². The van der Waals surface area contributed by atoms with Crippen LogP contribution in [0.2, 0.25) is 0 Å². The average Bonchev–Trinajstić information content (AvgIpc) is 2.82. The summed E-state index contributed by atoms with van der Waals surface area (Å²) in [5.74, 6) is 0. The van der Waals surface area contributed by atoms with Gasteiger partial charge in [0.1, 0.15) is 0 Å². The summed E-state index contributed by atoms with van der Waals surface area (Å²) < 4.78 is 5.65.